The van der Waals surface area contributed by atoms with Crippen molar-refractivity contribution in [3.8, 4) is 0 Å². The van der Waals surface area contributed by atoms with Crippen LogP contribution in [-0.4, -0.2) is 23.1 Å². The molecule has 0 saturated heterocycles. The summed E-state index contributed by atoms with van der Waals surface area (Å²) in [5, 5.41) is 3.26. The van der Waals surface area contributed by atoms with Gasteiger partial charge in [0, 0.05) is 18.9 Å². The monoisotopic (exact) mass is 234 g/mol. The van der Waals surface area contributed by atoms with Crippen LogP contribution in [0.25, 0.3) is 0 Å². The lowest BCUT2D eigenvalue weighted by Gasteiger charge is -2.23. The summed E-state index contributed by atoms with van der Waals surface area (Å²) in [6.07, 6.45) is 4.28. The third-order valence-corrected chi connectivity index (χ3v) is 2.63. The molecule has 1 aromatic rings. The lowest BCUT2D eigenvalue weighted by atomic mass is 9.98. The first-order valence-corrected chi connectivity index (χ1v) is 5.87. The van der Waals surface area contributed by atoms with Gasteiger partial charge in [-0.15, -0.1) is 0 Å². The van der Waals surface area contributed by atoms with E-state index in [0.717, 1.165) is 30.6 Å². The molecule has 4 nitrogen and oxygen atoms in total. The zero-order valence-corrected chi connectivity index (χ0v) is 10.5. The SMILES string of the molecule is CC(C)(C)OC(=O)c1cncc2c1CCNC2. The molecule has 17 heavy (non-hydrogen) atoms. The number of carbonyl (C=O) groups is 1. The topological polar surface area (TPSA) is 51.2 Å². The minimum Gasteiger partial charge on any atom is -0.456 e. The van der Waals surface area contributed by atoms with E-state index in [1.165, 1.54) is 0 Å². The zero-order valence-electron chi connectivity index (χ0n) is 10.5. The van der Waals surface area contributed by atoms with Crippen molar-refractivity contribution in [2.24, 2.45) is 0 Å². The average molecular weight is 234 g/mol. The molecule has 0 saturated carbocycles. The van der Waals surface area contributed by atoms with Crippen LogP contribution in [0, 0.1) is 0 Å². The molecule has 1 aromatic heterocycles. The highest BCUT2D eigenvalue weighted by atomic mass is 16.6. The number of rotatable bonds is 1. The summed E-state index contributed by atoms with van der Waals surface area (Å²) in [6, 6.07) is 0. The standard InChI is InChI=1S/C13H18N2O2/c1-13(2,3)17-12(16)11-8-15-7-9-6-14-5-4-10(9)11/h7-8,14H,4-6H2,1-3H3. The van der Waals surface area contributed by atoms with Gasteiger partial charge >= 0.3 is 5.97 Å². The van der Waals surface area contributed by atoms with Crippen LogP contribution in [-0.2, 0) is 17.7 Å². The van der Waals surface area contributed by atoms with Crippen LogP contribution in [0.5, 0.6) is 0 Å². The van der Waals surface area contributed by atoms with E-state index in [-0.39, 0.29) is 5.97 Å². The predicted molar refractivity (Wildman–Crippen MR) is 64.8 cm³/mol. The van der Waals surface area contributed by atoms with Gasteiger partial charge in [-0.25, -0.2) is 4.79 Å². The fourth-order valence-corrected chi connectivity index (χ4v) is 1.92. The van der Waals surface area contributed by atoms with E-state index in [2.05, 4.69) is 10.3 Å². The second kappa shape index (κ2) is 4.45. The lowest BCUT2D eigenvalue weighted by Crippen LogP contribution is -2.28. The molecular formula is C13H18N2O2. The molecule has 4 heteroatoms. The number of esters is 1. The highest BCUT2D eigenvalue weighted by Crippen LogP contribution is 2.20. The zero-order chi connectivity index (χ0) is 12.5. The Morgan fingerprint density at radius 2 is 2.18 bits per heavy atom. The molecule has 0 fully saturated rings. The van der Waals surface area contributed by atoms with Crippen LogP contribution in [0.2, 0.25) is 0 Å². The van der Waals surface area contributed by atoms with Gasteiger partial charge in [0.05, 0.1) is 5.56 Å². The highest BCUT2D eigenvalue weighted by molar-refractivity contribution is 5.91. The number of aromatic nitrogens is 1. The molecule has 0 atom stereocenters. The van der Waals surface area contributed by atoms with Crippen molar-refractivity contribution in [3.05, 3.63) is 29.1 Å². The summed E-state index contributed by atoms with van der Waals surface area (Å²) in [4.78, 5) is 16.2. The van der Waals surface area contributed by atoms with Gasteiger partial charge in [0.2, 0.25) is 0 Å². The van der Waals surface area contributed by atoms with Gasteiger partial charge in [-0.1, -0.05) is 0 Å². The molecule has 0 amide bonds. The molecule has 1 aliphatic heterocycles. The van der Waals surface area contributed by atoms with Crippen LogP contribution < -0.4 is 5.32 Å². The molecule has 0 spiro atoms. The number of ether oxygens (including phenoxy) is 1. The molecule has 0 unspecified atom stereocenters. The number of hydrogen-bond donors (Lipinski definition) is 1. The number of fused-ring (bicyclic) bond motifs is 1. The first-order valence-electron chi connectivity index (χ1n) is 5.87. The third-order valence-electron chi connectivity index (χ3n) is 2.63. The highest BCUT2D eigenvalue weighted by Gasteiger charge is 2.23. The van der Waals surface area contributed by atoms with Gasteiger partial charge in [-0.05, 0) is 44.9 Å². The maximum Gasteiger partial charge on any atom is 0.340 e. The van der Waals surface area contributed by atoms with Crippen molar-refractivity contribution in [1.82, 2.24) is 10.3 Å². The van der Waals surface area contributed by atoms with E-state index in [4.69, 9.17) is 4.74 Å². The van der Waals surface area contributed by atoms with Crippen molar-refractivity contribution in [2.75, 3.05) is 6.54 Å². The maximum atomic E-state index is 12.0. The minimum atomic E-state index is -0.466. The molecule has 1 N–H and O–H groups in total. The summed E-state index contributed by atoms with van der Waals surface area (Å²) >= 11 is 0. The third kappa shape index (κ3) is 2.82. The molecule has 0 aromatic carbocycles. The average Bonchev–Trinajstić information content (AvgIpc) is 2.26. The Morgan fingerprint density at radius 3 is 2.88 bits per heavy atom. The van der Waals surface area contributed by atoms with E-state index >= 15 is 0 Å². The smallest absolute Gasteiger partial charge is 0.340 e. The van der Waals surface area contributed by atoms with Crippen molar-refractivity contribution in [2.45, 2.75) is 39.3 Å². The summed E-state index contributed by atoms with van der Waals surface area (Å²) in [6.45, 7) is 7.28. The Hall–Kier alpha value is -1.42. The van der Waals surface area contributed by atoms with E-state index in [1.54, 1.807) is 6.20 Å². The van der Waals surface area contributed by atoms with E-state index < -0.39 is 5.60 Å². The number of carbonyl (C=O) groups excluding carboxylic acids is 1. The summed E-state index contributed by atoms with van der Waals surface area (Å²) in [7, 11) is 0. The maximum absolute atomic E-state index is 12.0. The molecular weight excluding hydrogens is 216 g/mol. The predicted octanol–water partition coefficient (Wildman–Crippen LogP) is 1.68. The second-order valence-corrected chi connectivity index (χ2v) is 5.25. The second-order valence-electron chi connectivity index (χ2n) is 5.25. The van der Waals surface area contributed by atoms with Crippen LogP contribution in [0.15, 0.2) is 12.4 Å². The van der Waals surface area contributed by atoms with Gasteiger partial charge < -0.3 is 10.1 Å². The molecule has 0 bridgehead atoms. The number of nitrogens with one attached hydrogen (secondary N) is 1. The largest absolute Gasteiger partial charge is 0.456 e. The van der Waals surface area contributed by atoms with Gasteiger partial charge in [0.15, 0.2) is 0 Å². The van der Waals surface area contributed by atoms with E-state index in [1.807, 2.05) is 27.0 Å². The molecule has 0 aliphatic carbocycles. The van der Waals surface area contributed by atoms with Crippen LogP contribution in [0.3, 0.4) is 0 Å². The van der Waals surface area contributed by atoms with Gasteiger partial charge in [-0.2, -0.15) is 0 Å². The van der Waals surface area contributed by atoms with E-state index in [9.17, 15) is 4.79 Å². The molecule has 1 aliphatic rings. The van der Waals surface area contributed by atoms with Crippen molar-refractivity contribution < 1.29 is 9.53 Å². The normalized spacial score (nSPS) is 15.2. The number of hydrogen-bond acceptors (Lipinski definition) is 4. The molecule has 2 rings (SSSR count). The summed E-state index contributed by atoms with van der Waals surface area (Å²) < 4.78 is 5.39. The Balaban J connectivity index is 2.29. The van der Waals surface area contributed by atoms with Crippen LogP contribution in [0.4, 0.5) is 0 Å². The van der Waals surface area contributed by atoms with Crippen LogP contribution in [0.1, 0.15) is 42.3 Å². The molecule has 0 radical (unpaired) electrons. The van der Waals surface area contributed by atoms with Gasteiger partial charge in [-0.3, -0.25) is 4.98 Å². The summed E-state index contributed by atoms with van der Waals surface area (Å²) in [5.41, 5.74) is 2.32. The Morgan fingerprint density at radius 1 is 1.41 bits per heavy atom. The fraction of sp³-hybridized carbons (Fsp3) is 0.538. The van der Waals surface area contributed by atoms with E-state index in [0.29, 0.717) is 5.56 Å². The first-order chi connectivity index (χ1) is 7.97. The minimum absolute atomic E-state index is 0.274. The molecule has 92 valence electrons. The molecule has 2 heterocycles. The van der Waals surface area contributed by atoms with Crippen molar-refractivity contribution >= 4 is 5.97 Å². The first kappa shape index (κ1) is 12.0. The Kier molecular flexibility index (Phi) is 3.15. The summed E-state index contributed by atoms with van der Waals surface area (Å²) in [5.74, 6) is -0.274. The lowest BCUT2D eigenvalue weighted by molar-refractivity contribution is 0.00676. The van der Waals surface area contributed by atoms with Gasteiger partial charge in [0.25, 0.3) is 0 Å². The van der Waals surface area contributed by atoms with Crippen LogP contribution >= 0.6 is 0 Å². The Bertz CT molecular complexity index is 436. The van der Waals surface area contributed by atoms with Crippen molar-refractivity contribution in [3.63, 3.8) is 0 Å². The quantitative estimate of drug-likeness (QED) is 0.751. The van der Waals surface area contributed by atoms with Gasteiger partial charge in [0.1, 0.15) is 5.60 Å². The Labute approximate surface area is 101 Å². The number of pyridine rings is 1. The van der Waals surface area contributed by atoms with Crippen molar-refractivity contribution in [1.29, 1.82) is 0 Å². The fourth-order valence-electron chi connectivity index (χ4n) is 1.92. The number of nitrogens with zero attached hydrogens (tertiary/aromatic N) is 1.